The lowest BCUT2D eigenvalue weighted by Gasteiger charge is -2.03. The smallest absolute Gasteiger partial charge is 0.408 e. The van der Waals surface area contributed by atoms with Gasteiger partial charge in [-0.15, -0.1) is 0 Å². The molecule has 130 valence electrons. The Morgan fingerprint density at radius 1 is 1.15 bits per heavy atom. The maximum absolute atomic E-state index is 12.2. The minimum absolute atomic E-state index is 0.0478. The van der Waals surface area contributed by atoms with Crippen molar-refractivity contribution >= 4 is 34.3 Å². The Morgan fingerprint density at radius 2 is 1.96 bits per heavy atom. The summed E-state index contributed by atoms with van der Waals surface area (Å²) in [5.74, 6) is -0.251. The lowest BCUT2D eigenvalue weighted by atomic mass is 10.1. The van der Waals surface area contributed by atoms with Gasteiger partial charge in [-0.25, -0.2) is 4.79 Å². The summed E-state index contributed by atoms with van der Waals surface area (Å²) in [7, 11) is 0. The maximum atomic E-state index is 12.2. The highest BCUT2D eigenvalue weighted by molar-refractivity contribution is 6.30. The first kappa shape index (κ1) is 16.2. The van der Waals surface area contributed by atoms with Crippen molar-refractivity contribution in [2.24, 2.45) is 0 Å². The molecule has 0 fully saturated rings. The number of hydrogen-bond donors (Lipinski definition) is 2. The molecule has 0 aliphatic carbocycles. The Balaban J connectivity index is 1.45. The monoisotopic (exact) mass is 369 g/mol. The zero-order valence-electron chi connectivity index (χ0n) is 13.3. The number of fused-ring (bicyclic) bond motifs is 1. The van der Waals surface area contributed by atoms with Gasteiger partial charge < -0.3 is 14.3 Å². The number of anilines is 1. The van der Waals surface area contributed by atoms with Gasteiger partial charge >= 0.3 is 5.76 Å². The summed E-state index contributed by atoms with van der Waals surface area (Å²) in [6, 6.07) is 13.7. The number of nitrogens with zero attached hydrogens (tertiary/aromatic N) is 1. The van der Waals surface area contributed by atoms with E-state index < -0.39 is 5.76 Å². The van der Waals surface area contributed by atoms with Crippen LogP contribution in [-0.4, -0.2) is 16.0 Å². The number of aromatic nitrogens is 2. The van der Waals surface area contributed by atoms with Crippen molar-refractivity contribution in [2.45, 2.75) is 6.42 Å². The van der Waals surface area contributed by atoms with E-state index in [0.29, 0.717) is 33.3 Å². The highest BCUT2D eigenvalue weighted by Crippen LogP contribution is 2.23. The summed E-state index contributed by atoms with van der Waals surface area (Å²) < 4.78 is 10.2. The summed E-state index contributed by atoms with van der Waals surface area (Å²) in [6.07, 6.45) is 0.0478. The van der Waals surface area contributed by atoms with Crippen LogP contribution in [0.15, 0.2) is 62.3 Å². The quantitative estimate of drug-likeness (QED) is 0.572. The van der Waals surface area contributed by atoms with E-state index in [0.717, 1.165) is 5.56 Å². The zero-order valence-corrected chi connectivity index (χ0v) is 14.0. The Labute approximate surface area is 151 Å². The summed E-state index contributed by atoms with van der Waals surface area (Å²) >= 11 is 5.86. The van der Waals surface area contributed by atoms with Gasteiger partial charge in [0.05, 0.1) is 17.6 Å². The number of H-pyrrole nitrogens is 1. The molecule has 0 saturated heterocycles. The number of halogens is 1. The molecule has 2 N–H and O–H groups in total. The molecule has 0 atom stereocenters. The molecular weight excluding hydrogens is 358 g/mol. The van der Waals surface area contributed by atoms with Crippen LogP contribution < -0.4 is 11.1 Å². The first-order valence-electron chi connectivity index (χ1n) is 7.71. The number of benzene rings is 2. The summed E-state index contributed by atoms with van der Waals surface area (Å²) in [4.78, 5) is 25.9. The van der Waals surface area contributed by atoms with E-state index in [1.165, 1.54) is 0 Å². The van der Waals surface area contributed by atoms with E-state index in [9.17, 15) is 9.59 Å². The number of oxazole rings is 1. The van der Waals surface area contributed by atoms with Crippen molar-refractivity contribution in [3.63, 3.8) is 0 Å². The largest absolute Gasteiger partial charge is 0.417 e. The Hall–Kier alpha value is -3.32. The Kier molecular flexibility index (Phi) is 4.06. The highest BCUT2D eigenvalue weighted by Gasteiger charge is 2.12. The predicted octanol–water partition coefficient (Wildman–Crippen LogP) is 3.61. The SMILES string of the molecule is O=C(Cc1cc(-c2ccc(Cl)cc2)on1)Nc1ccc2[nH]c(=O)oc2c1. The van der Waals surface area contributed by atoms with Crippen LogP contribution in [0.25, 0.3) is 22.4 Å². The molecule has 4 rings (SSSR count). The van der Waals surface area contributed by atoms with Crippen LogP contribution in [0.5, 0.6) is 0 Å². The van der Waals surface area contributed by atoms with Gasteiger partial charge in [-0.1, -0.05) is 16.8 Å². The second-order valence-corrected chi connectivity index (χ2v) is 6.08. The number of hydrogen-bond acceptors (Lipinski definition) is 5. The second-order valence-electron chi connectivity index (χ2n) is 5.64. The summed E-state index contributed by atoms with van der Waals surface area (Å²) in [5.41, 5.74) is 2.78. The van der Waals surface area contributed by atoms with Gasteiger partial charge in [0.2, 0.25) is 5.91 Å². The molecule has 1 amide bonds. The number of rotatable bonds is 4. The van der Waals surface area contributed by atoms with Crippen LogP contribution in [-0.2, 0) is 11.2 Å². The molecule has 0 unspecified atom stereocenters. The van der Waals surface area contributed by atoms with Crippen LogP contribution in [0.4, 0.5) is 5.69 Å². The van der Waals surface area contributed by atoms with Crippen molar-refractivity contribution in [3.05, 3.63) is 69.8 Å². The van der Waals surface area contributed by atoms with Gasteiger partial charge in [-0.2, -0.15) is 0 Å². The first-order valence-corrected chi connectivity index (χ1v) is 8.09. The van der Waals surface area contributed by atoms with Gasteiger partial charge in [-0.3, -0.25) is 9.78 Å². The van der Waals surface area contributed by atoms with Crippen LogP contribution in [0.2, 0.25) is 5.02 Å². The molecule has 0 aliphatic rings. The maximum Gasteiger partial charge on any atom is 0.417 e. The van der Waals surface area contributed by atoms with E-state index in [4.69, 9.17) is 20.5 Å². The lowest BCUT2D eigenvalue weighted by molar-refractivity contribution is -0.115. The number of nitrogens with one attached hydrogen (secondary N) is 2. The van der Waals surface area contributed by atoms with Gasteiger partial charge in [0.1, 0.15) is 0 Å². The number of amides is 1. The molecule has 0 saturated carbocycles. The Bertz CT molecular complexity index is 1140. The van der Waals surface area contributed by atoms with Crippen LogP contribution in [0.3, 0.4) is 0 Å². The molecule has 7 nitrogen and oxygen atoms in total. The second kappa shape index (κ2) is 6.53. The molecule has 0 aliphatic heterocycles. The van der Waals surface area contributed by atoms with Crippen LogP contribution in [0.1, 0.15) is 5.69 Å². The lowest BCUT2D eigenvalue weighted by Crippen LogP contribution is -2.14. The van der Waals surface area contributed by atoms with Crippen LogP contribution in [0, 0.1) is 0 Å². The minimum atomic E-state index is -0.541. The standard InChI is InChI=1S/C18H12ClN3O4/c19-11-3-1-10(2-4-11)15-8-13(22-26-15)9-17(23)20-12-5-6-14-16(7-12)25-18(24)21-14/h1-8H,9H2,(H,20,23)(H,21,24). The number of carbonyl (C=O) groups excluding carboxylic acids is 1. The van der Waals surface area contributed by atoms with E-state index in [1.807, 2.05) is 12.1 Å². The van der Waals surface area contributed by atoms with E-state index in [1.54, 1.807) is 36.4 Å². The molecule has 8 heteroatoms. The topological polar surface area (TPSA) is 101 Å². The van der Waals surface area contributed by atoms with Crippen molar-refractivity contribution in [2.75, 3.05) is 5.32 Å². The van der Waals surface area contributed by atoms with E-state index in [-0.39, 0.29) is 12.3 Å². The zero-order chi connectivity index (χ0) is 18.1. The van der Waals surface area contributed by atoms with Gasteiger partial charge in [0.15, 0.2) is 11.3 Å². The number of carbonyl (C=O) groups is 1. The molecule has 2 aromatic carbocycles. The third kappa shape index (κ3) is 3.38. The molecule has 26 heavy (non-hydrogen) atoms. The van der Waals surface area contributed by atoms with E-state index >= 15 is 0 Å². The molecule has 0 spiro atoms. The van der Waals surface area contributed by atoms with Crippen molar-refractivity contribution < 1.29 is 13.7 Å². The normalized spacial score (nSPS) is 11.0. The van der Waals surface area contributed by atoms with Gasteiger partial charge in [0.25, 0.3) is 0 Å². The van der Waals surface area contributed by atoms with Crippen molar-refractivity contribution in [1.82, 2.24) is 10.1 Å². The molecule has 2 aromatic heterocycles. The van der Waals surface area contributed by atoms with Gasteiger partial charge in [0, 0.05) is 28.4 Å². The molecule has 0 radical (unpaired) electrons. The molecule has 4 aromatic rings. The summed E-state index contributed by atoms with van der Waals surface area (Å²) in [5, 5.41) is 7.28. The average molecular weight is 370 g/mol. The third-order valence-corrected chi connectivity index (χ3v) is 3.99. The molecule has 2 heterocycles. The predicted molar refractivity (Wildman–Crippen MR) is 96.1 cm³/mol. The fraction of sp³-hybridized carbons (Fsp3) is 0.0556. The third-order valence-electron chi connectivity index (χ3n) is 3.73. The molecule has 0 bridgehead atoms. The Morgan fingerprint density at radius 3 is 2.77 bits per heavy atom. The fourth-order valence-corrected chi connectivity index (χ4v) is 2.66. The summed E-state index contributed by atoms with van der Waals surface area (Å²) in [6.45, 7) is 0. The van der Waals surface area contributed by atoms with Crippen molar-refractivity contribution in [1.29, 1.82) is 0 Å². The minimum Gasteiger partial charge on any atom is -0.408 e. The van der Waals surface area contributed by atoms with E-state index in [2.05, 4.69) is 15.5 Å². The fourth-order valence-electron chi connectivity index (χ4n) is 2.54. The first-order chi connectivity index (χ1) is 12.6. The van der Waals surface area contributed by atoms with Gasteiger partial charge in [-0.05, 0) is 36.4 Å². The highest BCUT2D eigenvalue weighted by atomic mass is 35.5. The van der Waals surface area contributed by atoms with Crippen LogP contribution >= 0.6 is 11.6 Å². The molecular formula is C18H12ClN3O4. The number of aromatic amines is 1. The van der Waals surface area contributed by atoms with Crippen molar-refractivity contribution in [3.8, 4) is 11.3 Å². The average Bonchev–Trinajstić information content (AvgIpc) is 3.20.